The lowest BCUT2D eigenvalue weighted by atomic mass is 10.3. The topological polar surface area (TPSA) is 74.8 Å². The van der Waals surface area contributed by atoms with E-state index < -0.39 is 10.0 Å². The quantitative estimate of drug-likeness (QED) is 0.877. The molecule has 0 aliphatic carbocycles. The van der Waals surface area contributed by atoms with E-state index in [-0.39, 0.29) is 4.21 Å². The molecular weight excluding hydrogens is 246 g/mol. The molecule has 0 aliphatic heterocycles. The smallest absolute Gasteiger partial charge is 0.272 e. The highest BCUT2D eigenvalue weighted by atomic mass is 32.2. The van der Waals surface area contributed by atoms with Crippen LogP contribution in [-0.2, 0) is 16.4 Å². The molecule has 0 saturated carbocycles. The number of nitrogens with one attached hydrogen (secondary N) is 2. The molecular formula is C9H11N3O2S2. The van der Waals surface area contributed by atoms with Crippen LogP contribution in [0.2, 0.25) is 0 Å². The van der Waals surface area contributed by atoms with Gasteiger partial charge in [-0.2, -0.15) is 5.10 Å². The SMILES string of the molecule is CCc1cc(NS(=O)(=O)c2cccs2)n[nH]1. The van der Waals surface area contributed by atoms with Gasteiger partial charge in [0.25, 0.3) is 10.0 Å². The van der Waals surface area contributed by atoms with Crippen LogP contribution in [0.25, 0.3) is 0 Å². The fourth-order valence-electron chi connectivity index (χ4n) is 1.20. The summed E-state index contributed by atoms with van der Waals surface area (Å²) >= 11 is 1.17. The summed E-state index contributed by atoms with van der Waals surface area (Å²) in [4.78, 5) is 0. The van der Waals surface area contributed by atoms with E-state index in [4.69, 9.17) is 0 Å². The lowest BCUT2D eigenvalue weighted by Gasteiger charge is -2.01. The third-order valence-corrected chi connectivity index (χ3v) is 4.76. The summed E-state index contributed by atoms with van der Waals surface area (Å²) in [5, 5.41) is 8.34. The number of thiophene rings is 1. The fraction of sp³-hybridized carbons (Fsp3) is 0.222. The van der Waals surface area contributed by atoms with Crippen molar-refractivity contribution in [2.75, 3.05) is 4.72 Å². The van der Waals surface area contributed by atoms with Crippen molar-refractivity contribution in [2.45, 2.75) is 17.6 Å². The number of nitrogens with zero attached hydrogens (tertiary/aromatic N) is 1. The molecule has 0 aromatic carbocycles. The van der Waals surface area contributed by atoms with Crippen molar-refractivity contribution in [1.29, 1.82) is 0 Å². The second-order valence-corrected chi connectivity index (χ2v) is 6.03. The van der Waals surface area contributed by atoms with Gasteiger partial charge in [-0.3, -0.25) is 9.82 Å². The second kappa shape index (κ2) is 4.26. The molecule has 0 spiro atoms. The van der Waals surface area contributed by atoms with Gasteiger partial charge >= 0.3 is 0 Å². The number of aromatic nitrogens is 2. The van der Waals surface area contributed by atoms with Gasteiger partial charge in [-0.25, -0.2) is 8.42 Å². The summed E-state index contributed by atoms with van der Waals surface area (Å²) in [7, 11) is -3.48. The van der Waals surface area contributed by atoms with E-state index in [1.165, 1.54) is 11.3 Å². The molecule has 16 heavy (non-hydrogen) atoms. The van der Waals surface area contributed by atoms with E-state index in [9.17, 15) is 8.42 Å². The van der Waals surface area contributed by atoms with Crippen LogP contribution in [0.5, 0.6) is 0 Å². The Morgan fingerprint density at radius 2 is 2.38 bits per heavy atom. The van der Waals surface area contributed by atoms with Crippen LogP contribution in [0, 0.1) is 0 Å². The van der Waals surface area contributed by atoms with E-state index in [2.05, 4.69) is 14.9 Å². The molecule has 0 saturated heterocycles. The lowest BCUT2D eigenvalue weighted by Crippen LogP contribution is -2.11. The van der Waals surface area contributed by atoms with Crippen molar-refractivity contribution in [1.82, 2.24) is 10.2 Å². The standard InChI is InChI=1S/C9H11N3O2S2/c1-2-7-6-8(11-10-7)12-16(13,14)9-4-3-5-15-9/h3-6H,2H2,1H3,(H2,10,11,12). The molecule has 7 heteroatoms. The second-order valence-electron chi connectivity index (χ2n) is 3.17. The fourth-order valence-corrected chi connectivity index (χ4v) is 3.18. The van der Waals surface area contributed by atoms with Crippen LogP contribution in [0.3, 0.4) is 0 Å². The third kappa shape index (κ3) is 2.25. The molecule has 0 bridgehead atoms. The summed E-state index contributed by atoms with van der Waals surface area (Å²) < 4.78 is 26.3. The number of hydrogen-bond donors (Lipinski definition) is 2. The number of aromatic amines is 1. The molecule has 2 heterocycles. The van der Waals surface area contributed by atoms with Crippen molar-refractivity contribution in [3.8, 4) is 0 Å². The molecule has 2 aromatic heterocycles. The van der Waals surface area contributed by atoms with Gasteiger partial charge < -0.3 is 0 Å². The van der Waals surface area contributed by atoms with Crippen molar-refractivity contribution >= 4 is 27.2 Å². The molecule has 2 aromatic rings. The maximum absolute atomic E-state index is 11.8. The van der Waals surface area contributed by atoms with Crippen LogP contribution in [0.1, 0.15) is 12.6 Å². The molecule has 0 unspecified atom stereocenters. The van der Waals surface area contributed by atoms with Gasteiger partial charge in [0.05, 0.1) is 0 Å². The zero-order valence-corrected chi connectivity index (χ0v) is 10.2. The highest BCUT2D eigenvalue weighted by Gasteiger charge is 2.16. The number of anilines is 1. The number of aryl methyl sites for hydroxylation is 1. The Labute approximate surface area is 97.6 Å². The summed E-state index contributed by atoms with van der Waals surface area (Å²) in [6.45, 7) is 1.96. The van der Waals surface area contributed by atoms with Crippen molar-refractivity contribution in [2.24, 2.45) is 0 Å². The summed E-state index contributed by atoms with van der Waals surface area (Å²) in [6.07, 6.45) is 0.785. The maximum atomic E-state index is 11.8. The first-order valence-electron chi connectivity index (χ1n) is 4.72. The average molecular weight is 257 g/mol. The first-order valence-corrected chi connectivity index (χ1v) is 7.08. The van der Waals surface area contributed by atoms with Gasteiger partial charge in [-0.15, -0.1) is 11.3 Å². The van der Waals surface area contributed by atoms with E-state index in [0.29, 0.717) is 5.82 Å². The zero-order valence-electron chi connectivity index (χ0n) is 8.60. The largest absolute Gasteiger partial charge is 0.280 e. The van der Waals surface area contributed by atoms with Gasteiger partial charge in [0.1, 0.15) is 4.21 Å². The Hall–Kier alpha value is -1.34. The molecule has 2 N–H and O–H groups in total. The van der Waals surface area contributed by atoms with Crippen molar-refractivity contribution < 1.29 is 8.42 Å². The first-order chi connectivity index (χ1) is 7.62. The molecule has 0 radical (unpaired) electrons. The van der Waals surface area contributed by atoms with Crippen LogP contribution in [-0.4, -0.2) is 18.6 Å². The van der Waals surface area contributed by atoms with E-state index in [0.717, 1.165) is 12.1 Å². The summed E-state index contributed by atoms with van der Waals surface area (Å²) in [6, 6.07) is 4.94. The Bertz CT molecular complexity index is 557. The van der Waals surface area contributed by atoms with Crippen LogP contribution in [0.4, 0.5) is 5.82 Å². The van der Waals surface area contributed by atoms with Crippen LogP contribution in [0.15, 0.2) is 27.8 Å². The third-order valence-electron chi connectivity index (χ3n) is 2.01. The minimum absolute atomic E-state index is 0.286. The zero-order chi connectivity index (χ0) is 11.6. The van der Waals surface area contributed by atoms with E-state index >= 15 is 0 Å². The number of hydrogen-bond acceptors (Lipinski definition) is 4. The molecule has 5 nitrogen and oxygen atoms in total. The molecule has 0 atom stereocenters. The Morgan fingerprint density at radius 3 is 2.94 bits per heavy atom. The molecule has 0 aliphatic rings. The molecule has 2 rings (SSSR count). The highest BCUT2D eigenvalue weighted by molar-refractivity contribution is 7.94. The first kappa shape index (κ1) is 11.2. The Morgan fingerprint density at radius 1 is 1.56 bits per heavy atom. The highest BCUT2D eigenvalue weighted by Crippen LogP contribution is 2.19. The van der Waals surface area contributed by atoms with Gasteiger partial charge in [-0.05, 0) is 17.9 Å². The normalized spacial score (nSPS) is 11.6. The predicted octanol–water partition coefficient (Wildman–Crippen LogP) is 1.83. The van der Waals surface area contributed by atoms with Crippen molar-refractivity contribution in [3.63, 3.8) is 0 Å². The maximum Gasteiger partial charge on any atom is 0.272 e. The lowest BCUT2D eigenvalue weighted by molar-refractivity contribution is 0.603. The molecule has 0 amide bonds. The summed E-state index contributed by atoms with van der Waals surface area (Å²) in [5.74, 6) is 0.324. The Kier molecular flexibility index (Phi) is 2.97. The van der Waals surface area contributed by atoms with Crippen LogP contribution < -0.4 is 4.72 Å². The monoisotopic (exact) mass is 257 g/mol. The number of sulfonamides is 1. The Balaban J connectivity index is 2.21. The van der Waals surface area contributed by atoms with Gasteiger partial charge in [-0.1, -0.05) is 13.0 Å². The molecule has 86 valence electrons. The average Bonchev–Trinajstić information content (AvgIpc) is 2.86. The van der Waals surface area contributed by atoms with Gasteiger partial charge in [0.2, 0.25) is 0 Å². The van der Waals surface area contributed by atoms with Gasteiger partial charge in [0, 0.05) is 11.8 Å². The van der Waals surface area contributed by atoms with Crippen molar-refractivity contribution in [3.05, 3.63) is 29.3 Å². The molecule has 0 fully saturated rings. The van der Waals surface area contributed by atoms with Crippen LogP contribution >= 0.6 is 11.3 Å². The van der Waals surface area contributed by atoms with E-state index in [1.807, 2.05) is 6.92 Å². The van der Waals surface area contributed by atoms with E-state index in [1.54, 1.807) is 23.6 Å². The number of H-pyrrole nitrogens is 1. The minimum Gasteiger partial charge on any atom is -0.280 e. The number of rotatable bonds is 4. The minimum atomic E-state index is -3.48. The van der Waals surface area contributed by atoms with Gasteiger partial charge in [0.15, 0.2) is 5.82 Å². The summed E-state index contributed by atoms with van der Waals surface area (Å²) in [5.41, 5.74) is 0.892. The predicted molar refractivity (Wildman–Crippen MR) is 63.1 cm³/mol.